The summed E-state index contributed by atoms with van der Waals surface area (Å²) in [6.45, 7) is 2.20. The fourth-order valence-corrected chi connectivity index (χ4v) is 2.38. The van der Waals surface area contributed by atoms with Gasteiger partial charge in [-0.2, -0.15) is 0 Å². The molecule has 0 aliphatic carbocycles. The summed E-state index contributed by atoms with van der Waals surface area (Å²) >= 11 is 0. The zero-order valence-corrected chi connectivity index (χ0v) is 12.1. The monoisotopic (exact) mass is 282 g/mol. The van der Waals surface area contributed by atoms with Crippen molar-refractivity contribution < 1.29 is 24.1 Å². The van der Waals surface area contributed by atoms with E-state index in [1.165, 1.54) is 0 Å². The summed E-state index contributed by atoms with van der Waals surface area (Å²) in [5.41, 5.74) is 1.04. The molecule has 1 saturated heterocycles. The molecule has 0 saturated carbocycles. The first-order valence-corrected chi connectivity index (χ1v) is 6.72. The van der Waals surface area contributed by atoms with Gasteiger partial charge >= 0.3 is 0 Å². The smallest absolute Gasteiger partial charge is 0.186 e. The van der Waals surface area contributed by atoms with E-state index in [1.807, 2.05) is 30.3 Å². The summed E-state index contributed by atoms with van der Waals surface area (Å²) in [6, 6.07) is 9.81. The Morgan fingerprint density at radius 3 is 2.40 bits per heavy atom. The summed E-state index contributed by atoms with van der Waals surface area (Å²) in [7, 11) is 3.11. The summed E-state index contributed by atoms with van der Waals surface area (Å²) in [4.78, 5) is 0. The van der Waals surface area contributed by atoms with Crippen LogP contribution in [0.4, 0.5) is 0 Å². The molecule has 1 aromatic carbocycles. The van der Waals surface area contributed by atoms with Crippen LogP contribution in [0, 0.1) is 0 Å². The molecule has 0 radical (unpaired) electrons. The van der Waals surface area contributed by atoms with E-state index in [0.29, 0.717) is 6.61 Å². The van der Waals surface area contributed by atoms with Gasteiger partial charge in [-0.1, -0.05) is 30.3 Å². The number of aliphatic hydroxyl groups excluding tert-OH is 1. The third kappa shape index (κ3) is 3.37. The standard InChI is InChI=1S/C15H22O5/c1-10-12(16)13(14(17-2)15(18-3)20-10)19-9-11-7-5-4-6-8-11/h4-8,10,12-16H,9H2,1-3H3/t10?,12-,13?,14?,15-/m0/s1. The molecule has 3 unspecified atom stereocenters. The molecule has 0 bridgehead atoms. The molecule has 1 fully saturated rings. The fraction of sp³-hybridized carbons (Fsp3) is 0.600. The van der Waals surface area contributed by atoms with Gasteiger partial charge in [0.25, 0.3) is 0 Å². The first kappa shape index (κ1) is 15.4. The van der Waals surface area contributed by atoms with Crippen molar-refractivity contribution in [2.24, 2.45) is 0 Å². The molecule has 0 aromatic heterocycles. The number of rotatable bonds is 5. The lowest BCUT2D eigenvalue weighted by molar-refractivity contribution is -0.300. The number of ether oxygens (including phenoxy) is 4. The average Bonchev–Trinajstić information content (AvgIpc) is 2.49. The third-order valence-corrected chi connectivity index (χ3v) is 3.55. The molecule has 112 valence electrons. The molecule has 1 aliphatic heterocycles. The van der Waals surface area contributed by atoms with Crippen LogP contribution in [0.15, 0.2) is 30.3 Å². The number of benzene rings is 1. The maximum Gasteiger partial charge on any atom is 0.186 e. The minimum absolute atomic E-state index is 0.368. The second kappa shape index (κ2) is 7.15. The van der Waals surface area contributed by atoms with Crippen molar-refractivity contribution >= 4 is 0 Å². The van der Waals surface area contributed by atoms with Crippen LogP contribution in [0.1, 0.15) is 12.5 Å². The van der Waals surface area contributed by atoms with Crippen LogP contribution in [0.3, 0.4) is 0 Å². The van der Waals surface area contributed by atoms with Crippen LogP contribution in [0.5, 0.6) is 0 Å². The molecule has 5 nitrogen and oxygen atoms in total. The van der Waals surface area contributed by atoms with Gasteiger partial charge in [-0.25, -0.2) is 0 Å². The first-order chi connectivity index (χ1) is 9.67. The molecule has 2 rings (SSSR count). The van der Waals surface area contributed by atoms with Gasteiger partial charge in [-0.3, -0.25) is 0 Å². The molecule has 5 heteroatoms. The van der Waals surface area contributed by atoms with Crippen LogP contribution in [0.2, 0.25) is 0 Å². The van der Waals surface area contributed by atoms with Crippen LogP contribution in [-0.4, -0.2) is 50.0 Å². The van der Waals surface area contributed by atoms with Crippen molar-refractivity contribution in [1.29, 1.82) is 0 Å². The lowest BCUT2D eigenvalue weighted by atomic mass is 9.99. The first-order valence-electron chi connectivity index (χ1n) is 6.72. The van der Waals surface area contributed by atoms with E-state index in [1.54, 1.807) is 21.1 Å². The number of methoxy groups -OCH3 is 2. The maximum atomic E-state index is 10.2. The molecular formula is C15H22O5. The van der Waals surface area contributed by atoms with Gasteiger partial charge in [0, 0.05) is 14.2 Å². The van der Waals surface area contributed by atoms with Gasteiger partial charge < -0.3 is 24.1 Å². The van der Waals surface area contributed by atoms with Gasteiger partial charge in [0.15, 0.2) is 6.29 Å². The van der Waals surface area contributed by atoms with Crippen molar-refractivity contribution in [2.45, 2.75) is 44.2 Å². The molecule has 0 spiro atoms. The minimum atomic E-state index is -0.755. The van der Waals surface area contributed by atoms with Gasteiger partial charge in [-0.05, 0) is 12.5 Å². The average molecular weight is 282 g/mol. The molecule has 20 heavy (non-hydrogen) atoms. The fourth-order valence-electron chi connectivity index (χ4n) is 2.38. The zero-order valence-electron chi connectivity index (χ0n) is 12.1. The van der Waals surface area contributed by atoms with Crippen LogP contribution in [0.25, 0.3) is 0 Å². The van der Waals surface area contributed by atoms with E-state index in [9.17, 15) is 5.11 Å². The Kier molecular flexibility index (Phi) is 5.51. The van der Waals surface area contributed by atoms with Crippen LogP contribution >= 0.6 is 0 Å². The van der Waals surface area contributed by atoms with Gasteiger partial charge in [-0.15, -0.1) is 0 Å². The lowest BCUT2D eigenvalue weighted by Gasteiger charge is -2.42. The van der Waals surface area contributed by atoms with Gasteiger partial charge in [0.05, 0.1) is 12.7 Å². The van der Waals surface area contributed by atoms with E-state index in [0.717, 1.165) is 5.56 Å². The van der Waals surface area contributed by atoms with Crippen LogP contribution < -0.4 is 0 Å². The summed E-state index contributed by atoms with van der Waals surface area (Å²) in [5.74, 6) is 0. The Morgan fingerprint density at radius 2 is 1.80 bits per heavy atom. The molecule has 1 heterocycles. The Bertz CT molecular complexity index is 397. The Morgan fingerprint density at radius 1 is 1.10 bits per heavy atom. The highest BCUT2D eigenvalue weighted by atomic mass is 16.7. The summed E-state index contributed by atoms with van der Waals surface area (Å²) < 4.78 is 22.0. The van der Waals surface area contributed by atoms with Crippen molar-refractivity contribution in [3.63, 3.8) is 0 Å². The highest BCUT2D eigenvalue weighted by Gasteiger charge is 2.44. The number of hydrogen-bond acceptors (Lipinski definition) is 5. The largest absolute Gasteiger partial charge is 0.388 e. The molecule has 5 atom stereocenters. The second-order valence-electron chi connectivity index (χ2n) is 4.90. The quantitative estimate of drug-likeness (QED) is 0.883. The van der Waals surface area contributed by atoms with Crippen molar-refractivity contribution in [3.8, 4) is 0 Å². The summed E-state index contributed by atoms with van der Waals surface area (Å²) in [5, 5.41) is 10.2. The second-order valence-corrected chi connectivity index (χ2v) is 4.90. The molecule has 1 aliphatic rings. The molecular weight excluding hydrogens is 260 g/mol. The Hall–Kier alpha value is -0.980. The Balaban J connectivity index is 2.05. The minimum Gasteiger partial charge on any atom is -0.388 e. The topological polar surface area (TPSA) is 57.2 Å². The summed E-state index contributed by atoms with van der Waals surface area (Å²) in [6.07, 6.45) is -2.62. The number of aliphatic hydroxyl groups is 1. The van der Waals surface area contributed by atoms with Crippen molar-refractivity contribution in [1.82, 2.24) is 0 Å². The van der Waals surface area contributed by atoms with Crippen LogP contribution in [-0.2, 0) is 25.6 Å². The molecule has 0 amide bonds. The van der Waals surface area contributed by atoms with E-state index < -0.39 is 24.6 Å². The van der Waals surface area contributed by atoms with Gasteiger partial charge in [0.1, 0.15) is 18.3 Å². The lowest BCUT2D eigenvalue weighted by Crippen LogP contribution is -2.58. The van der Waals surface area contributed by atoms with E-state index in [-0.39, 0.29) is 6.10 Å². The third-order valence-electron chi connectivity index (χ3n) is 3.55. The predicted octanol–water partition coefficient (Wildman–Crippen LogP) is 1.34. The Labute approximate surface area is 119 Å². The van der Waals surface area contributed by atoms with Gasteiger partial charge in [0.2, 0.25) is 0 Å². The van der Waals surface area contributed by atoms with E-state index in [4.69, 9.17) is 18.9 Å². The highest BCUT2D eigenvalue weighted by molar-refractivity contribution is 5.13. The van der Waals surface area contributed by atoms with Crippen molar-refractivity contribution in [3.05, 3.63) is 35.9 Å². The number of hydrogen-bond donors (Lipinski definition) is 1. The molecule has 1 aromatic rings. The molecule has 1 N–H and O–H groups in total. The van der Waals surface area contributed by atoms with Crippen molar-refractivity contribution in [2.75, 3.05) is 14.2 Å². The van der Waals surface area contributed by atoms with E-state index in [2.05, 4.69) is 0 Å². The predicted molar refractivity (Wildman–Crippen MR) is 73.2 cm³/mol. The zero-order chi connectivity index (χ0) is 14.5. The highest BCUT2D eigenvalue weighted by Crippen LogP contribution is 2.26. The van der Waals surface area contributed by atoms with E-state index >= 15 is 0 Å². The SMILES string of the molecule is COC1C(OCc2ccccc2)[C@@H](O)C(C)O[C@@H]1OC. The normalized spacial score (nSPS) is 34.1. The maximum absolute atomic E-state index is 10.2.